The van der Waals surface area contributed by atoms with Gasteiger partial charge in [0.1, 0.15) is 6.17 Å². The zero-order valence-corrected chi connectivity index (χ0v) is 14.7. The number of carbonyl (C=O) groups is 4. The smallest absolute Gasteiger partial charge is 0.433 e. The van der Waals surface area contributed by atoms with Gasteiger partial charge >= 0.3 is 30.5 Å². The van der Waals surface area contributed by atoms with Crippen LogP contribution in [0.15, 0.2) is 0 Å². The normalized spacial score (nSPS) is 13.3. The van der Waals surface area contributed by atoms with Crippen molar-refractivity contribution in [2.75, 3.05) is 13.1 Å². The van der Waals surface area contributed by atoms with Gasteiger partial charge in [-0.1, -0.05) is 0 Å². The monoisotopic (exact) mass is 461 g/mol. The number of halogens is 7. The highest BCUT2D eigenvalue weighted by Crippen LogP contribution is 2.32. The van der Waals surface area contributed by atoms with Crippen LogP contribution in [0.5, 0.6) is 0 Å². The molecule has 11 nitrogen and oxygen atoms in total. The molecule has 0 heterocycles. The van der Waals surface area contributed by atoms with Crippen LogP contribution < -0.4 is 10.6 Å². The van der Waals surface area contributed by atoms with E-state index < -0.39 is 67.6 Å². The third-order valence-corrected chi connectivity index (χ3v) is 2.49. The van der Waals surface area contributed by atoms with Crippen LogP contribution in [0.4, 0.5) is 45.1 Å². The van der Waals surface area contributed by atoms with Gasteiger partial charge in [-0.15, -0.1) is 5.06 Å². The quantitative estimate of drug-likeness (QED) is 0.185. The molecule has 30 heavy (non-hydrogen) atoms. The Labute approximate surface area is 162 Å². The Balaban J connectivity index is 5.00. The summed E-state index contributed by atoms with van der Waals surface area (Å²) in [6, 6.07) is -5.78. The molecule has 0 saturated heterocycles. The summed E-state index contributed by atoms with van der Waals surface area (Å²) >= 11 is 0. The van der Waals surface area contributed by atoms with E-state index in [2.05, 4.69) is 19.3 Å². The predicted octanol–water partition coefficient (Wildman–Crippen LogP) is 2.08. The Morgan fingerprint density at radius 3 is 2.17 bits per heavy atom. The van der Waals surface area contributed by atoms with Gasteiger partial charge in [0.25, 0.3) is 6.47 Å². The fourth-order valence-electron chi connectivity index (χ4n) is 1.21. The van der Waals surface area contributed by atoms with Crippen molar-refractivity contribution in [1.29, 1.82) is 0 Å². The summed E-state index contributed by atoms with van der Waals surface area (Å²) in [5.41, 5.74) is 0. The Kier molecular flexibility index (Phi) is 10.5. The van der Waals surface area contributed by atoms with Crippen LogP contribution in [-0.2, 0) is 24.1 Å². The van der Waals surface area contributed by atoms with Gasteiger partial charge in [0.05, 0.1) is 13.1 Å². The van der Waals surface area contributed by atoms with E-state index in [0.29, 0.717) is 0 Å². The number of hydrogen-bond acceptors (Lipinski definition) is 8. The topological polar surface area (TPSA) is 132 Å². The van der Waals surface area contributed by atoms with Gasteiger partial charge in [-0.3, -0.25) is 10.1 Å². The van der Waals surface area contributed by atoms with Gasteiger partial charge in [0.2, 0.25) is 6.36 Å². The lowest BCUT2D eigenvalue weighted by Gasteiger charge is -2.23. The van der Waals surface area contributed by atoms with Crippen molar-refractivity contribution in [2.24, 2.45) is 0 Å². The minimum absolute atomic E-state index is 0.0801. The van der Waals surface area contributed by atoms with Crippen LogP contribution in [0.2, 0.25) is 0 Å². The number of nitrogens with zero attached hydrogens (tertiary/aromatic N) is 1. The van der Waals surface area contributed by atoms with E-state index in [4.69, 9.17) is 0 Å². The zero-order chi connectivity index (χ0) is 23.5. The van der Waals surface area contributed by atoms with Crippen molar-refractivity contribution in [3.05, 3.63) is 0 Å². The Morgan fingerprint density at radius 1 is 1.07 bits per heavy atom. The van der Waals surface area contributed by atoms with E-state index in [1.165, 1.54) is 0 Å². The van der Waals surface area contributed by atoms with Gasteiger partial charge in [-0.2, -0.15) is 22.0 Å². The highest BCUT2D eigenvalue weighted by molar-refractivity contribution is 5.73. The summed E-state index contributed by atoms with van der Waals surface area (Å²) in [5, 5.41) is 1.38. The largest absolute Gasteiger partial charge is 0.485 e. The second-order valence-corrected chi connectivity index (χ2v) is 4.99. The summed E-state index contributed by atoms with van der Waals surface area (Å²) in [7, 11) is 0. The maximum atomic E-state index is 13.1. The highest BCUT2D eigenvalue weighted by Gasteiger charge is 2.59. The summed E-state index contributed by atoms with van der Waals surface area (Å²) in [6.07, 6.45) is -17.3. The van der Waals surface area contributed by atoms with Gasteiger partial charge in [0, 0.05) is 6.42 Å². The lowest BCUT2D eigenvalue weighted by atomic mass is 10.4. The molecular weight excluding hydrogens is 447 g/mol. The van der Waals surface area contributed by atoms with E-state index in [1.807, 2.05) is 0 Å². The van der Waals surface area contributed by atoms with E-state index in [0.717, 1.165) is 6.92 Å². The second-order valence-electron chi connectivity index (χ2n) is 4.99. The molecule has 0 fully saturated rings. The number of carbonyl (C=O) groups excluding carboxylic acids is 4. The molecule has 0 aromatic rings. The minimum atomic E-state index is -6.23. The number of hydrogen-bond donors (Lipinski definition) is 2. The van der Waals surface area contributed by atoms with Gasteiger partial charge < -0.3 is 14.9 Å². The average molecular weight is 461 g/mol. The summed E-state index contributed by atoms with van der Waals surface area (Å²) in [6.45, 7) is -1.04. The van der Waals surface area contributed by atoms with Gasteiger partial charge in [0.15, 0.2) is 0 Å². The van der Waals surface area contributed by atoms with Gasteiger partial charge in [-0.05, 0) is 6.92 Å². The summed E-state index contributed by atoms with van der Waals surface area (Å²) in [5.74, 6) is 0. The maximum Gasteiger partial charge on any atom is 0.485 e. The Morgan fingerprint density at radius 2 is 1.67 bits per heavy atom. The fraction of sp³-hybridized carbons (Fsp3) is 0.667. The molecule has 0 aliphatic rings. The fourth-order valence-corrected chi connectivity index (χ4v) is 1.21. The number of rotatable bonds is 8. The molecule has 18 heteroatoms. The van der Waals surface area contributed by atoms with Crippen LogP contribution in [0.25, 0.3) is 0 Å². The van der Waals surface area contributed by atoms with E-state index in [1.54, 1.807) is 5.32 Å². The molecule has 3 amide bonds. The number of amides is 3. The molecule has 174 valence electrons. The van der Waals surface area contributed by atoms with Crippen molar-refractivity contribution in [2.45, 2.75) is 38.1 Å². The predicted molar refractivity (Wildman–Crippen MR) is 75.5 cm³/mol. The number of ether oxygens (including phenoxy) is 1. The van der Waals surface area contributed by atoms with Crippen molar-refractivity contribution >= 4 is 24.8 Å². The molecule has 0 aromatic carbocycles. The first kappa shape index (κ1) is 26.8. The molecule has 0 bridgehead atoms. The lowest BCUT2D eigenvalue weighted by molar-refractivity contribution is -0.293. The molecule has 2 N–H and O–H groups in total. The van der Waals surface area contributed by atoms with Crippen LogP contribution in [-0.4, -0.2) is 67.7 Å². The van der Waals surface area contributed by atoms with Crippen molar-refractivity contribution in [1.82, 2.24) is 15.7 Å². The van der Waals surface area contributed by atoms with Crippen LogP contribution in [0.3, 0.4) is 0 Å². The first-order valence-corrected chi connectivity index (χ1v) is 7.45. The Bertz CT molecular complexity index is 605. The summed E-state index contributed by atoms with van der Waals surface area (Å²) < 4.78 is 91.1. The first-order chi connectivity index (χ1) is 13.7. The average Bonchev–Trinajstić information content (AvgIpc) is 2.60. The zero-order valence-electron chi connectivity index (χ0n) is 14.7. The number of nitrogens with one attached hydrogen (secondary N) is 2. The van der Waals surface area contributed by atoms with Crippen LogP contribution >= 0.6 is 0 Å². The van der Waals surface area contributed by atoms with Crippen molar-refractivity contribution < 1.29 is 69.3 Å². The minimum Gasteiger partial charge on any atom is -0.433 e. The van der Waals surface area contributed by atoms with E-state index in [-0.39, 0.29) is 11.8 Å². The molecule has 2 atom stereocenters. The van der Waals surface area contributed by atoms with Crippen LogP contribution in [0.1, 0.15) is 13.3 Å². The van der Waals surface area contributed by atoms with E-state index >= 15 is 0 Å². The molecule has 2 unspecified atom stereocenters. The standard InChI is InChI=1S/C12H14F7N3O8/c1-6(13)4-20-8(24)29-30-10(26)22(3-2-7(14)27-5-23)28-9(25)21-12(18,19)11(15,16)17/h5-7H,2-4H2,1H3,(H,20,24)(H,21,25). The second kappa shape index (κ2) is 11.7. The summed E-state index contributed by atoms with van der Waals surface area (Å²) in [4.78, 5) is 55.3. The Hall–Kier alpha value is -3.21. The SMILES string of the molecule is CC(F)CNC(=O)OOC(=O)N(CCC(F)OC=O)OC(=O)NC(F)(F)C(F)(F)F. The third-order valence-electron chi connectivity index (χ3n) is 2.49. The number of hydroxylamine groups is 2. The van der Waals surface area contributed by atoms with Crippen molar-refractivity contribution in [3.63, 3.8) is 0 Å². The highest BCUT2D eigenvalue weighted by atomic mass is 19.4. The molecule has 0 spiro atoms. The first-order valence-electron chi connectivity index (χ1n) is 7.45. The molecule has 0 aliphatic carbocycles. The molecule has 0 rings (SSSR count). The van der Waals surface area contributed by atoms with Gasteiger partial charge in [-0.25, -0.2) is 32.9 Å². The number of alkyl halides is 7. The molecule has 0 aromatic heterocycles. The van der Waals surface area contributed by atoms with Crippen LogP contribution in [0, 0.1) is 0 Å². The van der Waals surface area contributed by atoms with E-state index in [9.17, 15) is 49.9 Å². The molecule has 0 aliphatic heterocycles. The lowest BCUT2D eigenvalue weighted by Crippen LogP contribution is -2.53. The third kappa shape index (κ3) is 10.4. The molecule has 0 saturated carbocycles. The maximum absolute atomic E-state index is 13.1. The molecular formula is C12H14F7N3O8. The van der Waals surface area contributed by atoms with Crippen molar-refractivity contribution in [3.8, 4) is 0 Å². The molecule has 0 radical (unpaired) electrons.